The fraction of sp³-hybridized carbons (Fsp3) is 0.250. The maximum Gasteiger partial charge on any atom is 0.308 e. The monoisotopic (exact) mass is 326 g/mol. The largest absolute Gasteiger partial charge is 0.496 e. The number of methoxy groups -OCH3 is 1. The van der Waals surface area contributed by atoms with Crippen LogP contribution in [0.15, 0.2) is 54.6 Å². The van der Waals surface area contributed by atoms with Crippen LogP contribution < -0.4 is 9.47 Å². The summed E-state index contributed by atoms with van der Waals surface area (Å²) in [5.74, 6) is 0.710. The molecule has 0 aliphatic heterocycles. The highest BCUT2D eigenvalue weighted by molar-refractivity contribution is 5.87. The summed E-state index contributed by atoms with van der Waals surface area (Å²) in [7, 11) is 1.60. The number of carbonyl (C=O) groups excluding carboxylic acids is 1. The second-order valence-corrected chi connectivity index (χ2v) is 6.00. The molecule has 0 spiro atoms. The van der Waals surface area contributed by atoms with E-state index >= 15 is 0 Å². The Labute approximate surface area is 142 Å². The summed E-state index contributed by atoms with van der Waals surface area (Å²) in [6.07, 6.45) is 1.73. The number of hydrogen-bond acceptors (Lipinski definition) is 4. The number of rotatable bonds is 5. The summed E-state index contributed by atoms with van der Waals surface area (Å²) in [6, 6.07) is 14.8. The van der Waals surface area contributed by atoms with Crippen LogP contribution in [0.1, 0.15) is 31.9 Å². The zero-order chi connectivity index (χ0) is 17.7. The van der Waals surface area contributed by atoms with Crippen molar-refractivity contribution in [3.63, 3.8) is 0 Å². The zero-order valence-electron chi connectivity index (χ0n) is 14.4. The average molecular weight is 326 g/mol. The normalized spacial score (nSPS) is 12.0. The third kappa shape index (κ3) is 4.46. The highest BCUT2D eigenvalue weighted by Gasteiger charge is 2.19. The predicted molar refractivity (Wildman–Crippen MR) is 94.1 cm³/mol. The Kier molecular flexibility index (Phi) is 5.42. The van der Waals surface area contributed by atoms with Gasteiger partial charge >= 0.3 is 5.97 Å². The lowest BCUT2D eigenvalue weighted by Crippen LogP contribution is -2.15. The van der Waals surface area contributed by atoms with Crippen molar-refractivity contribution < 1.29 is 19.4 Å². The summed E-state index contributed by atoms with van der Waals surface area (Å²) >= 11 is 0. The number of benzene rings is 2. The van der Waals surface area contributed by atoms with Crippen LogP contribution in [0.3, 0.4) is 0 Å². The molecule has 0 saturated heterocycles. The Morgan fingerprint density at radius 3 is 2.00 bits per heavy atom. The van der Waals surface area contributed by atoms with Gasteiger partial charge in [-0.05, 0) is 37.6 Å². The van der Waals surface area contributed by atoms with Gasteiger partial charge in [-0.3, -0.25) is 4.79 Å². The molecule has 0 bridgehead atoms. The van der Waals surface area contributed by atoms with E-state index in [0.29, 0.717) is 17.1 Å². The number of hydrogen-bond donors (Lipinski definition) is 1. The first kappa shape index (κ1) is 17.8. The van der Waals surface area contributed by atoms with Crippen LogP contribution in [0.25, 0.3) is 5.57 Å². The van der Waals surface area contributed by atoms with Crippen LogP contribution in [0, 0.1) is 0 Å². The van der Waals surface area contributed by atoms with Crippen molar-refractivity contribution >= 4 is 11.5 Å². The third-order valence-corrected chi connectivity index (χ3v) is 3.33. The molecule has 0 aromatic heterocycles. The smallest absolute Gasteiger partial charge is 0.308 e. The van der Waals surface area contributed by atoms with Gasteiger partial charge in [0.1, 0.15) is 11.5 Å². The number of esters is 1. The molecule has 0 amide bonds. The Morgan fingerprint density at radius 1 is 1.00 bits per heavy atom. The summed E-state index contributed by atoms with van der Waals surface area (Å²) in [4.78, 5) is 11.4. The van der Waals surface area contributed by atoms with Gasteiger partial charge in [0, 0.05) is 18.1 Å². The Hall–Kier alpha value is -2.59. The Bertz CT molecular complexity index is 754. The molecule has 0 aliphatic rings. The van der Waals surface area contributed by atoms with E-state index in [2.05, 4.69) is 0 Å². The molecule has 126 valence electrons. The van der Waals surface area contributed by atoms with Crippen molar-refractivity contribution in [3.05, 3.63) is 65.7 Å². The van der Waals surface area contributed by atoms with Gasteiger partial charge in [0.15, 0.2) is 0 Å². The molecule has 0 fully saturated rings. The van der Waals surface area contributed by atoms with Gasteiger partial charge in [0.05, 0.1) is 12.7 Å². The van der Waals surface area contributed by atoms with E-state index in [9.17, 15) is 9.90 Å². The number of carbonyl (C=O) groups is 1. The molecule has 4 nitrogen and oxygen atoms in total. The van der Waals surface area contributed by atoms with Gasteiger partial charge in [0.2, 0.25) is 0 Å². The van der Waals surface area contributed by atoms with Crippen molar-refractivity contribution in [2.75, 3.05) is 7.11 Å². The highest BCUT2D eigenvalue weighted by atomic mass is 16.5. The fourth-order valence-electron chi connectivity index (χ4n) is 2.45. The Morgan fingerprint density at radius 2 is 1.50 bits per heavy atom. The van der Waals surface area contributed by atoms with E-state index in [1.807, 2.05) is 36.4 Å². The highest BCUT2D eigenvalue weighted by Crippen LogP contribution is 2.37. The van der Waals surface area contributed by atoms with Crippen LogP contribution in [0.2, 0.25) is 0 Å². The first-order valence-corrected chi connectivity index (χ1v) is 7.68. The van der Waals surface area contributed by atoms with Gasteiger partial charge in [0.25, 0.3) is 0 Å². The molecule has 24 heavy (non-hydrogen) atoms. The summed E-state index contributed by atoms with van der Waals surface area (Å²) < 4.78 is 10.8. The average Bonchev–Trinajstić information content (AvgIpc) is 2.52. The summed E-state index contributed by atoms with van der Waals surface area (Å²) in [5, 5.41) is 10.3. The number of ether oxygens (including phenoxy) is 2. The van der Waals surface area contributed by atoms with Crippen molar-refractivity contribution in [3.8, 4) is 11.5 Å². The molecule has 0 aliphatic carbocycles. The van der Waals surface area contributed by atoms with E-state index in [-0.39, 0.29) is 0 Å². The lowest BCUT2D eigenvalue weighted by Gasteiger charge is -2.19. The maximum absolute atomic E-state index is 11.4. The molecule has 4 heteroatoms. The molecule has 2 rings (SSSR count). The van der Waals surface area contributed by atoms with Gasteiger partial charge in [-0.2, -0.15) is 0 Å². The second kappa shape index (κ2) is 7.32. The van der Waals surface area contributed by atoms with Crippen molar-refractivity contribution in [1.82, 2.24) is 0 Å². The van der Waals surface area contributed by atoms with Crippen LogP contribution in [-0.2, 0) is 4.79 Å². The van der Waals surface area contributed by atoms with E-state index < -0.39 is 11.6 Å². The first-order chi connectivity index (χ1) is 11.3. The standard InChI is InChI=1S/C20H22O4/c1-14(21)24-19-12-8-6-10-16(19)17(13-20(2,3)22)15-9-5-7-11-18(15)23-4/h5-13,22H,1-4H3/b17-13+. The SMILES string of the molecule is COc1ccccc1/C(=C\C(C)(C)O)c1ccccc1OC(C)=O. The Balaban J connectivity index is 2.70. The van der Waals surface area contributed by atoms with Gasteiger partial charge in [-0.1, -0.05) is 36.4 Å². The minimum absolute atomic E-state index is 0.398. The van der Waals surface area contributed by atoms with Crippen molar-refractivity contribution in [1.29, 1.82) is 0 Å². The predicted octanol–water partition coefficient (Wildman–Crippen LogP) is 3.82. The lowest BCUT2D eigenvalue weighted by atomic mass is 9.92. The van der Waals surface area contributed by atoms with E-state index in [0.717, 1.165) is 11.1 Å². The quantitative estimate of drug-likeness (QED) is 0.670. The molecule has 0 heterocycles. The number of para-hydroxylation sites is 2. The van der Waals surface area contributed by atoms with Crippen LogP contribution in [0.5, 0.6) is 11.5 Å². The molecule has 0 unspecified atom stereocenters. The molecular formula is C20H22O4. The molecule has 0 saturated carbocycles. The minimum Gasteiger partial charge on any atom is -0.496 e. The van der Waals surface area contributed by atoms with Crippen molar-refractivity contribution in [2.45, 2.75) is 26.4 Å². The van der Waals surface area contributed by atoms with Crippen LogP contribution in [0.4, 0.5) is 0 Å². The van der Waals surface area contributed by atoms with Gasteiger partial charge in [-0.25, -0.2) is 0 Å². The molecule has 2 aromatic rings. The molecule has 2 aromatic carbocycles. The molecule has 0 atom stereocenters. The lowest BCUT2D eigenvalue weighted by molar-refractivity contribution is -0.131. The van der Waals surface area contributed by atoms with Gasteiger partial charge in [-0.15, -0.1) is 0 Å². The summed E-state index contributed by atoms with van der Waals surface area (Å²) in [5.41, 5.74) is 1.19. The minimum atomic E-state index is -1.06. The van der Waals surface area contributed by atoms with E-state index in [4.69, 9.17) is 9.47 Å². The van der Waals surface area contributed by atoms with Crippen LogP contribution >= 0.6 is 0 Å². The van der Waals surface area contributed by atoms with Crippen molar-refractivity contribution in [2.24, 2.45) is 0 Å². The topological polar surface area (TPSA) is 55.8 Å². The van der Waals surface area contributed by atoms with E-state index in [1.54, 1.807) is 39.2 Å². The molecular weight excluding hydrogens is 304 g/mol. The number of aliphatic hydroxyl groups is 1. The maximum atomic E-state index is 11.4. The van der Waals surface area contributed by atoms with E-state index in [1.165, 1.54) is 6.92 Å². The molecule has 0 radical (unpaired) electrons. The fourth-order valence-corrected chi connectivity index (χ4v) is 2.45. The zero-order valence-corrected chi connectivity index (χ0v) is 14.4. The first-order valence-electron chi connectivity index (χ1n) is 7.68. The third-order valence-electron chi connectivity index (χ3n) is 3.33. The summed E-state index contributed by atoms with van der Waals surface area (Å²) in [6.45, 7) is 4.74. The van der Waals surface area contributed by atoms with Crippen LogP contribution in [-0.4, -0.2) is 23.8 Å². The second-order valence-electron chi connectivity index (χ2n) is 6.00. The molecule has 1 N–H and O–H groups in total. The van der Waals surface area contributed by atoms with Gasteiger partial charge < -0.3 is 14.6 Å².